The van der Waals surface area contributed by atoms with Crippen LogP contribution in [0.25, 0.3) is 0 Å². The minimum absolute atomic E-state index is 0.0229. The molecule has 0 saturated heterocycles. The van der Waals surface area contributed by atoms with Gasteiger partial charge in [-0.25, -0.2) is 0 Å². The molecule has 25 heavy (non-hydrogen) atoms. The van der Waals surface area contributed by atoms with E-state index in [1.807, 2.05) is 51.1 Å². The first-order valence-corrected chi connectivity index (χ1v) is 8.81. The summed E-state index contributed by atoms with van der Waals surface area (Å²) in [6.45, 7) is 5.97. The lowest BCUT2D eigenvalue weighted by Crippen LogP contribution is -2.26. The maximum Gasteiger partial charge on any atom is 0.251 e. The molecule has 0 heterocycles. The molecule has 2 rings (SSSR count). The highest BCUT2D eigenvalue weighted by molar-refractivity contribution is 5.96. The van der Waals surface area contributed by atoms with Crippen molar-refractivity contribution in [2.24, 2.45) is 5.92 Å². The summed E-state index contributed by atoms with van der Waals surface area (Å²) in [5, 5.41) is 5.89. The molecule has 2 aromatic carbocycles. The Kier molecular flexibility index (Phi) is 6.75. The SMILES string of the molecule is CCC(CC)C(=O)Nc1ccc(C(=O)NC(C)c2ccccc2)cc1. The largest absolute Gasteiger partial charge is 0.346 e. The van der Waals surface area contributed by atoms with E-state index >= 15 is 0 Å². The molecule has 1 unspecified atom stereocenters. The van der Waals surface area contributed by atoms with Gasteiger partial charge in [0.25, 0.3) is 5.91 Å². The number of rotatable bonds is 7. The molecule has 1 atom stereocenters. The topological polar surface area (TPSA) is 58.2 Å². The molecule has 0 aliphatic carbocycles. The van der Waals surface area contributed by atoms with Crippen LogP contribution in [-0.2, 0) is 4.79 Å². The van der Waals surface area contributed by atoms with Crippen molar-refractivity contribution in [3.05, 3.63) is 65.7 Å². The fraction of sp³-hybridized carbons (Fsp3) is 0.333. The van der Waals surface area contributed by atoms with E-state index in [0.29, 0.717) is 11.3 Å². The molecule has 2 amide bonds. The van der Waals surface area contributed by atoms with Crippen molar-refractivity contribution >= 4 is 17.5 Å². The third-order valence-electron chi connectivity index (χ3n) is 4.42. The second-order valence-corrected chi connectivity index (χ2v) is 6.19. The zero-order valence-corrected chi connectivity index (χ0v) is 15.1. The highest BCUT2D eigenvalue weighted by Crippen LogP contribution is 2.16. The summed E-state index contributed by atoms with van der Waals surface area (Å²) < 4.78 is 0. The molecule has 0 bridgehead atoms. The van der Waals surface area contributed by atoms with Gasteiger partial charge in [0.15, 0.2) is 0 Å². The smallest absolute Gasteiger partial charge is 0.251 e. The Morgan fingerprint density at radius 3 is 2.08 bits per heavy atom. The lowest BCUT2D eigenvalue weighted by Gasteiger charge is -2.15. The first-order valence-electron chi connectivity index (χ1n) is 8.81. The first-order chi connectivity index (χ1) is 12.0. The molecule has 0 aromatic heterocycles. The molecule has 0 spiro atoms. The lowest BCUT2D eigenvalue weighted by molar-refractivity contribution is -0.120. The highest BCUT2D eigenvalue weighted by atomic mass is 16.2. The van der Waals surface area contributed by atoms with Crippen LogP contribution >= 0.6 is 0 Å². The Labute approximate surface area is 149 Å². The number of carbonyl (C=O) groups excluding carboxylic acids is 2. The summed E-state index contributed by atoms with van der Waals surface area (Å²) in [5.41, 5.74) is 2.35. The summed E-state index contributed by atoms with van der Waals surface area (Å²) >= 11 is 0. The van der Waals surface area contributed by atoms with E-state index in [0.717, 1.165) is 18.4 Å². The average molecular weight is 338 g/mol. The van der Waals surface area contributed by atoms with Crippen molar-refractivity contribution in [3.63, 3.8) is 0 Å². The van der Waals surface area contributed by atoms with Crippen molar-refractivity contribution in [1.29, 1.82) is 0 Å². The van der Waals surface area contributed by atoms with Crippen LogP contribution in [0.3, 0.4) is 0 Å². The molecule has 132 valence electrons. The minimum Gasteiger partial charge on any atom is -0.346 e. The van der Waals surface area contributed by atoms with Crippen LogP contribution in [0, 0.1) is 5.92 Å². The monoisotopic (exact) mass is 338 g/mol. The summed E-state index contributed by atoms with van der Waals surface area (Å²) in [5.74, 6) is -0.0798. The second kappa shape index (κ2) is 9.02. The molecule has 0 saturated carbocycles. The van der Waals surface area contributed by atoms with E-state index < -0.39 is 0 Å². The molecule has 4 nitrogen and oxygen atoms in total. The molecule has 2 N–H and O–H groups in total. The van der Waals surface area contributed by atoms with Crippen LogP contribution in [0.2, 0.25) is 0 Å². The first kappa shape index (κ1) is 18.7. The average Bonchev–Trinajstić information content (AvgIpc) is 2.64. The van der Waals surface area contributed by atoms with Gasteiger partial charge in [-0.05, 0) is 49.6 Å². The number of hydrogen-bond acceptors (Lipinski definition) is 2. The van der Waals surface area contributed by atoms with E-state index in [2.05, 4.69) is 10.6 Å². The van der Waals surface area contributed by atoms with Gasteiger partial charge in [0.2, 0.25) is 5.91 Å². The summed E-state index contributed by atoms with van der Waals surface area (Å²) in [7, 11) is 0. The zero-order valence-electron chi connectivity index (χ0n) is 15.1. The van der Waals surface area contributed by atoms with E-state index in [1.165, 1.54) is 0 Å². The second-order valence-electron chi connectivity index (χ2n) is 6.19. The normalized spacial score (nSPS) is 11.8. The van der Waals surface area contributed by atoms with Gasteiger partial charge in [0.05, 0.1) is 6.04 Å². The molecule has 2 aromatic rings. The molecular formula is C21H26N2O2. The molecule has 0 aliphatic rings. The van der Waals surface area contributed by atoms with Crippen molar-refractivity contribution in [1.82, 2.24) is 5.32 Å². The highest BCUT2D eigenvalue weighted by Gasteiger charge is 2.15. The number of amides is 2. The summed E-state index contributed by atoms with van der Waals surface area (Å²) in [6.07, 6.45) is 1.64. The third kappa shape index (κ3) is 5.18. The van der Waals surface area contributed by atoms with E-state index in [4.69, 9.17) is 0 Å². The van der Waals surface area contributed by atoms with Crippen LogP contribution in [0.4, 0.5) is 5.69 Å². The van der Waals surface area contributed by atoms with E-state index in [9.17, 15) is 9.59 Å². The Morgan fingerprint density at radius 2 is 1.52 bits per heavy atom. The Hall–Kier alpha value is -2.62. The van der Waals surface area contributed by atoms with Gasteiger partial charge in [-0.2, -0.15) is 0 Å². The number of anilines is 1. The summed E-state index contributed by atoms with van der Waals surface area (Å²) in [4.78, 5) is 24.5. The fourth-order valence-corrected chi connectivity index (χ4v) is 2.71. The number of nitrogens with one attached hydrogen (secondary N) is 2. The fourth-order valence-electron chi connectivity index (χ4n) is 2.71. The van der Waals surface area contributed by atoms with Gasteiger partial charge in [0.1, 0.15) is 0 Å². The summed E-state index contributed by atoms with van der Waals surface area (Å²) in [6, 6.07) is 16.8. The Balaban J connectivity index is 1.97. The maximum atomic E-state index is 12.4. The van der Waals surface area contributed by atoms with Gasteiger partial charge >= 0.3 is 0 Å². The van der Waals surface area contributed by atoms with E-state index in [-0.39, 0.29) is 23.8 Å². The van der Waals surface area contributed by atoms with Crippen molar-refractivity contribution in [3.8, 4) is 0 Å². The predicted octanol–water partition coefficient (Wildman–Crippen LogP) is 4.55. The molecule has 4 heteroatoms. The zero-order chi connectivity index (χ0) is 18.2. The maximum absolute atomic E-state index is 12.4. The number of carbonyl (C=O) groups is 2. The van der Waals surface area contributed by atoms with Gasteiger partial charge in [-0.1, -0.05) is 44.2 Å². The molecule has 0 aliphatic heterocycles. The van der Waals surface area contributed by atoms with Crippen molar-refractivity contribution < 1.29 is 9.59 Å². The van der Waals surface area contributed by atoms with Gasteiger partial charge in [0, 0.05) is 17.2 Å². The van der Waals surface area contributed by atoms with Crippen molar-refractivity contribution in [2.45, 2.75) is 39.7 Å². The van der Waals surface area contributed by atoms with Crippen LogP contribution in [-0.4, -0.2) is 11.8 Å². The van der Waals surface area contributed by atoms with Crippen LogP contribution in [0.5, 0.6) is 0 Å². The molecule has 0 fully saturated rings. The van der Waals surface area contributed by atoms with E-state index in [1.54, 1.807) is 24.3 Å². The van der Waals surface area contributed by atoms with Gasteiger partial charge < -0.3 is 10.6 Å². The Morgan fingerprint density at radius 1 is 0.920 bits per heavy atom. The molecule has 0 radical (unpaired) electrons. The van der Waals surface area contributed by atoms with Gasteiger partial charge in [-0.3, -0.25) is 9.59 Å². The predicted molar refractivity (Wildman–Crippen MR) is 101 cm³/mol. The van der Waals surface area contributed by atoms with Crippen LogP contribution in [0.1, 0.15) is 55.6 Å². The quantitative estimate of drug-likeness (QED) is 0.778. The number of hydrogen-bond donors (Lipinski definition) is 2. The Bertz CT molecular complexity index is 692. The van der Waals surface area contributed by atoms with Crippen LogP contribution in [0.15, 0.2) is 54.6 Å². The third-order valence-corrected chi connectivity index (χ3v) is 4.42. The van der Waals surface area contributed by atoms with Crippen molar-refractivity contribution in [2.75, 3.05) is 5.32 Å². The standard InChI is InChI=1S/C21H26N2O2/c1-4-16(5-2)20(24)23-19-13-11-18(12-14-19)21(25)22-15(3)17-9-7-6-8-10-17/h6-16H,4-5H2,1-3H3,(H,22,25)(H,23,24). The van der Waals surface area contributed by atoms with Crippen LogP contribution < -0.4 is 10.6 Å². The molecular weight excluding hydrogens is 312 g/mol. The lowest BCUT2D eigenvalue weighted by atomic mass is 10.0. The van der Waals surface area contributed by atoms with Gasteiger partial charge in [-0.15, -0.1) is 0 Å². The minimum atomic E-state index is -0.130. The number of benzene rings is 2.